The summed E-state index contributed by atoms with van der Waals surface area (Å²) in [6.07, 6.45) is 0. The predicted molar refractivity (Wildman–Crippen MR) is 61.6 cm³/mol. The molecule has 0 saturated carbocycles. The second-order valence-corrected chi connectivity index (χ2v) is 11.3. The minimum atomic E-state index is -1.14. The molecule has 0 spiro atoms. The summed E-state index contributed by atoms with van der Waals surface area (Å²) in [4.78, 5) is 0. The number of thiocarbonyl (C=S) groups is 1. The van der Waals surface area contributed by atoms with Crippen molar-refractivity contribution >= 4 is 25.3 Å². The van der Waals surface area contributed by atoms with Gasteiger partial charge < -0.3 is 4.74 Å². The average Bonchev–Trinajstić information content (AvgIpc) is 1.81. The first-order valence-corrected chi connectivity index (χ1v) is 8.21. The highest BCUT2D eigenvalue weighted by atomic mass is 32.1. The van der Waals surface area contributed by atoms with Gasteiger partial charge in [0, 0.05) is 6.92 Å². The second kappa shape index (κ2) is 3.88. The fourth-order valence-corrected chi connectivity index (χ4v) is 1.06. The number of ether oxygens (including phenoxy) is 1. The normalized spacial score (nSPS) is 12.8. The molecule has 72 valence electrons. The van der Waals surface area contributed by atoms with Gasteiger partial charge in [-0.1, -0.05) is 33.5 Å². The standard InChI is InChI=1S/C9H20OSSi/c1-8(11)10-7-9(2,3)12(4,5)6/h7H2,1-6H3. The Morgan fingerprint density at radius 1 is 1.33 bits per heavy atom. The maximum Gasteiger partial charge on any atom is 0.156 e. The molecular weight excluding hydrogens is 184 g/mol. The van der Waals surface area contributed by atoms with E-state index in [-0.39, 0.29) is 0 Å². The van der Waals surface area contributed by atoms with E-state index in [1.54, 1.807) is 0 Å². The van der Waals surface area contributed by atoms with Gasteiger partial charge in [-0.2, -0.15) is 0 Å². The molecule has 0 N–H and O–H groups in total. The third kappa shape index (κ3) is 3.67. The van der Waals surface area contributed by atoms with Crippen molar-refractivity contribution in [2.24, 2.45) is 0 Å². The molecule has 0 aromatic rings. The Hall–Kier alpha value is 0.107. The minimum Gasteiger partial charge on any atom is -0.487 e. The summed E-state index contributed by atoms with van der Waals surface area (Å²) in [5.41, 5.74) is 0. The third-order valence-electron chi connectivity index (χ3n) is 2.67. The van der Waals surface area contributed by atoms with Crippen LogP contribution in [0.25, 0.3) is 0 Å². The summed E-state index contributed by atoms with van der Waals surface area (Å²) in [7, 11) is -1.14. The molecule has 0 saturated heterocycles. The number of hydrogen-bond acceptors (Lipinski definition) is 2. The highest BCUT2D eigenvalue weighted by Crippen LogP contribution is 2.36. The van der Waals surface area contributed by atoms with Crippen LogP contribution in [0.2, 0.25) is 24.7 Å². The molecule has 0 heterocycles. The van der Waals surface area contributed by atoms with E-state index in [1.807, 2.05) is 6.92 Å². The van der Waals surface area contributed by atoms with Crippen molar-refractivity contribution in [2.45, 2.75) is 45.5 Å². The van der Waals surface area contributed by atoms with Gasteiger partial charge in [-0.15, -0.1) is 0 Å². The average molecular weight is 204 g/mol. The van der Waals surface area contributed by atoms with Crippen molar-refractivity contribution in [3.63, 3.8) is 0 Å². The van der Waals surface area contributed by atoms with Gasteiger partial charge in [0.25, 0.3) is 0 Å². The molecular formula is C9H20OSSi. The van der Waals surface area contributed by atoms with E-state index in [0.717, 1.165) is 6.61 Å². The van der Waals surface area contributed by atoms with E-state index in [1.165, 1.54) is 0 Å². The summed E-state index contributed by atoms with van der Waals surface area (Å²) in [6, 6.07) is 0. The zero-order valence-electron chi connectivity index (χ0n) is 9.02. The van der Waals surface area contributed by atoms with E-state index >= 15 is 0 Å². The molecule has 0 aromatic carbocycles. The minimum absolute atomic E-state index is 0.299. The van der Waals surface area contributed by atoms with Crippen LogP contribution in [0.3, 0.4) is 0 Å². The Morgan fingerprint density at radius 2 is 1.75 bits per heavy atom. The first-order chi connectivity index (χ1) is 5.17. The topological polar surface area (TPSA) is 9.23 Å². The van der Waals surface area contributed by atoms with Gasteiger partial charge in [0.2, 0.25) is 0 Å². The highest BCUT2D eigenvalue weighted by Gasteiger charge is 2.35. The second-order valence-electron chi connectivity index (χ2n) is 4.91. The lowest BCUT2D eigenvalue weighted by Crippen LogP contribution is -2.38. The lowest BCUT2D eigenvalue weighted by molar-refractivity contribution is 0.267. The Balaban J connectivity index is 4.14. The molecule has 0 fully saturated rings. The van der Waals surface area contributed by atoms with E-state index in [9.17, 15) is 0 Å². The van der Waals surface area contributed by atoms with E-state index in [2.05, 4.69) is 33.5 Å². The number of hydrogen-bond donors (Lipinski definition) is 0. The zero-order chi connectivity index (χ0) is 9.99. The Bertz CT molecular complexity index is 170. The molecule has 0 unspecified atom stereocenters. The van der Waals surface area contributed by atoms with Crippen molar-refractivity contribution in [1.82, 2.24) is 0 Å². The van der Waals surface area contributed by atoms with Gasteiger partial charge in [-0.05, 0) is 17.3 Å². The largest absolute Gasteiger partial charge is 0.487 e. The van der Waals surface area contributed by atoms with Crippen LogP contribution < -0.4 is 0 Å². The van der Waals surface area contributed by atoms with Crippen LogP contribution in [-0.4, -0.2) is 19.7 Å². The van der Waals surface area contributed by atoms with Crippen LogP contribution >= 0.6 is 12.2 Å². The molecule has 0 radical (unpaired) electrons. The van der Waals surface area contributed by atoms with Crippen molar-refractivity contribution < 1.29 is 4.74 Å². The summed E-state index contributed by atoms with van der Waals surface area (Å²) >= 11 is 4.88. The Labute approximate surface area is 82.5 Å². The van der Waals surface area contributed by atoms with E-state index in [0.29, 0.717) is 10.1 Å². The summed E-state index contributed by atoms with van der Waals surface area (Å²) in [5.74, 6) is 0. The summed E-state index contributed by atoms with van der Waals surface area (Å²) in [6.45, 7) is 14.2. The quantitative estimate of drug-likeness (QED) is 0.514. The molecule has 0 amide bonds. The highest BCUT2D eigenvalue weighted by molar-refractivity contribution is 7.80. The third-order valence-corrected chi connectivity index (χ3v) is 6.99. The fourth-order valence-electron chi connectivity index (χ4n) is 0.499. The lowest BCUT2D eigenvalue weighted by atomic mass is 10.2. The SMILES string of the molecule is CC(=S)OCC(C)(C)[Si](C)(C)C. The molecule has 12 heavy (non-hydrogen) atoms. The van der Waals surface area contributed by atoms with Crippen LogP contribution in [0.4, 0.5) is 0 Å². The van der Waals surface area contributed by atoms with Crippen LogP contribution in [-0.2, 0) is 4.74 Å². The van der Waals surface area contributed by atoms with Crippen molar-refractivity contribution in [1.29, 1.82) is 0 Å². The maximum atomic E-state index is 5.40. The van der Waals surface area contributed by atoms with E-state index < -0.39 is 8.07 Å². The van der Waals surface area contributed by atoms with E-state index in [4.69, 9.17) is 17.0 Å². The molecule has 0 aliphatic carbocycles. The van der Waals surface area contributed by atoms with Crippen LogP contribution in [0.1, 0.15) is 20.8 Å². The van der Waals surface area contributed by atoms with Gasteiger partial charge in [0.15, 0.2) is 5.05 Å². The first kappa shape index (κ1) is 12.1. The van der Waals surface area contributed by atoms with Crippen molar-refractivity contribution in [3.05, 3.63) is 0 Å². The monoisotopic (exact) mass is 204 g/mol. The lowest BCUT2D eigenvalue weighted by Gasteiger charge is -2.36. The smallest absolute Gasteiger partial charge is 0.156 e. The van der Waals surface area contributed by atoms with Gasteiger partial charge in [0.1, 0.15) is 0 Å². The van der Waals surface area contributed by atoms with Crippen LogP contribution in [0, 0.1) is 0 Å². The molecule has 0 aromatic heterocycles. The molecule has 1 nitrogen and oxygen atoms in total. The van der Waals surface area contributed by atoms with Gasteiger partial charge in [-0.3, -0.25) is 0 Å². The Kier molecular flexibility index (Phi) is 3.91. The zero-order valence-corrected chi connectivity index (χ0v) is 10.8. The first-order valence-electron chi connectivity index (χ1n) is 4.30. The fraction of sp³-hybridized carbons (Fsp3) is 0.889. The van der Waals surface area contributed by atoms with Gasteiger partial charge in [0.05, 0.1) is 14.7 Å². The number of rotatable bonds is 3. The predicted octanol–water partition coefficient (Wildman–Crippen LogP) is 3.47. The molecule has 3 heteroatoms. The molecule has 0 aliphatic rings. The molecule has 0 aliphatic heterocycles. The summed E-state index contributed by atoms with van der Waals surface area (Å²) < 4.78 is 5.40. The molecule has 0 rings (SSSR count). The molecule has 0 bridgehead atoms. The summed E-state index contributed by atoms with van der Waals surface area (Å²) in [5, 5.41) is 0.953. The Morgan fingerprint density at radius 3 is 2.00 bits per heavy atom. The molecule has 0 atom stereocenters. The van der Waals surface area contributed by atoms with Crippen molar-refractivity contribution in [2.75, 3.05) is 6.61 Å². The van der Waals surface area contributed by atoms with Crippen LogP contribution in [0.5, 0.6) is 0 Å². The van der Waals surface area contributed by atoms with Gasteiger partial charge >= 0.3 is 0 Å². The van der Waals surface area contributed by atoms with Crippen LogP contribution in [0.15, 0.2) is 0 Å². The maximum absolute atomic E-state index is 5.40. The van der Waals surface area contributed by atoms with Crippen molar-refractivity contribution in [3.8, 4) is 0 Å². The van der Waals surface area contributed by atoms with Gasteiger partial charge in [-0.25, -0.2) is 0 Å².